The van der Waals surface area contributed by atoms with Crippen LogP contribution in [0.3, 0.4) is 0 Å². The number of aryl methyl sites for hydroxylation is 1. The van der Waals surface area contributed by atoms with Crippen molar-refractivity contribution in [1.29, 1.82) is 0 Å². The molecule has 5 heteroatoms. The number of hydrogen-bond donors (Lipinski definition) is 2. The molecule has 112 valence electrons. The molecule has 1 saturated heterocycles. The second-order valence-electron chi connectivity index (χ2n) is 6.68. The Balaban J connectivity index is 1.64. The van der Waals surface area contributed by atoms with Crippen molar-refractivity contribution in [2.45, 2.75) is 45.6 Å². The van der Waals surface area contributed by atoms with Gasteiger partial charge in [0.15, 0.2) is 0 Å². The van der Waals surface area contributed by atoms with Gasteiger partial charge < -0.3 is 5.32 Å². The highest BCUT2D eigenvalue weighted by molar-refractivity contribution is 5.76. The van der Waals surface area contributed by atoms with Crippen LogP contribution in [0.1, 0.15) is 39.2 Å². The summed E-state index contributed by atoms with van der Waals surface area (Å²) in [4.78, 5) is 14.3. The van der Waals surface area contributed by atoms with E-state index in [-0.39, 0.29) is 11.4 Å². The van der Waals surface area contributed by atoms with Crippen LogP contribution in [0.5, 0.6) is 0 Å². The van der Waals surface area contributed by atoms with E-state index in [1.807, 2.05) is 6.20 Å². The third-order valence-electron chi connectivity index (χ3n) is 4.02. The average molecular weight is 278 g/mol. The summed E-state index contributed by atoms with van der Waals surface area (Å²) in [5.74, 6) is 0.729. The number of hydrogen-bond acceptors (Lipinski definition) is 3. The van der Waals surface area contributed by atoms with E-state index in [0.29, 0.717) is 12.3 Å². The molecule has 0 saturated carbocycles. The van der Waals surface area contributed by atoms with Gasteiger partial charge in [0.05, 0.1) is 6.20 Å². The molecule has 5 nitrogen and oxygen atoms in total. The predicted molar refractivity (Wildman–Crippen MR) is 79.4 cm³/mol. The summed E-state index contributed by atoms with van der Waals surface area (Å²) >= 11 is 0. The van der Waals surface area contributed by atoms with Crippen molar-refractivity contribution in [3.63, 3.8) is 0 Å². The fraction of sp³-hybridized carbons (Fsp3) is 0.733. The molecule has 0 radical (unpaired) electrons. The van der Waals surface area contributed by atoms with Crippen LogP contribution in [0.4, 0.5) is 0 Å². The van der Waals surface area contributed by atoms with Crippen LogP contribution < -0.4 is 5.32 Å². The fourth-order valence-corrected chi connectivity index (χ4v) is 2.63. The average Bonchev–Trinajstić information content (AvgIpc) is 3.04. The number of carbonyl (C=O) groups excluding carboxylic acids is 1. The molecule has 0 spiro atoms. The minimum absolute atomic E-state index is 0.139. The lowest BCUT2D eigenvalue weighted by Gasteiger charge is -2.31. The Bertz CT molecular complexity index is 422. The zero-order valence-corrected chi connectivity index (χ0v) is 12.8. The molecule has 0 aromatic carbocycles. The number of carbonyl (C=O) groups is 1. The monoisotopic (exact) mass is 278 g/mol. The molecule has 2 N–H and O–H groups in total. The number of aromatic nitrogens is 2. The first-order valence-corrected chi connectivity index (χ1v) is 7.44. The number of rotatable bonds is 5. The molecule has 1 aliphatic rings. The highest BCUT2D eigenvalue weighted by Crippen LogP contribution is 2.23. The summed E-state index contributed by atoms with van der Waals surface area (Å²) in [6.07, 6.45) is 6.08. The molecule has 1 fully saturated rings. The Morgan fingerprint density at radius 2 is 2.35 bits per heavy atom. The summed E-state index contributed by atoms with van der Waals surface area (Å²) < 4.78 is 0. The van der Waals surface area contributed by atoms with Gasteiger partial charge in [-0.15, -0.1) is 0 Å². The number of aromatic amines is 1. The number of nitrogens with zero attached hydrogens (tertiary/aromatic N) is 2. The topological polar surface area (TPSA) is 61.0 Å². The van der Waals surface area contributed by atoms with E-state index in [9.17, 15) is 4.79 Å². The Morgan fingerprint density at radius 3 is 2.95 bits per heavy atom. The Hall–Kier alpha value is -1.36. The number of likely N-dealkylation sites (tertiary alicyclic amines) is 1. The molecule has 20 heavy (non-hydrogen) atoms. The van der Waals surface area contributed by atoms with Gasteiger partial charge in [0.25, 0.3) is 0 Å². The summed E-state index contributed by atoms with van der Waals surface area (Å²) in [5.41, 5.74) is 1.32. The van der Waals surface area contributed by atoms with Crippen LogP contribution in [0.15, 0.2) is 12.4 Å². The van der Waals surface area contributed by atoms with Gasteiger partial charge in [-0.05, 0) is 51.6 Å². The van der Waals surface area contributed by atoms with Crippen molar-refractivity contribution < 1.29 is 4.79 Å². The lowest BCUT2D eigenvalue weighted by atomic mass is 10.1. The number of nitrogens with one attached hydrogen (secondary N) is 2. The molecule has 2 rings (SSSR count). The van der Waals surface area contributed by atoms with Crippen LogP contribution in [-0.4, -0.2) is 46.2 Å². The number of amides is 1. The third-order valence-corrected chi connectivity index (χ3v) is 4.02. The van der Waals surface area contributed by atoms with E-state index in [1.54, 1.807) is 6.20 Å². The van der Waals surface area contributed by atoms with E-state index in [1.165, 1.54) is 6.42 Å². The van der Waals surface area contributed by atoms with E-state index in [4.69, 9.17) is 0 Å². The molecule has 1 atom stereocenters. The Morgan fingerprint density at radius 1 is 1.55 bits per heavy atom. The van der Waals surface area contributed by atoms with Crippen LogP contribution in [0, 0.1) is 5.92 Å². The largest absolute Gasteiger partial charge is 0.356 e. The minimum Gasteiger partial charge on any atom is -0.356 e. The van der Waals surface area contributed by atoms with Gasteiger partial charge in [-0.2, -0.15) is 5.10 Å². The van der Waals surface area contributed by atoms with Gasteiger partial charge in [0.2, 0.25) is 5.91 Å². The maximum atomic E-state index is 11.8. The zero-order chi connectivity index (χ0) is 14.6. The smallest absolute Gasteiger partial charge is 0.220 e. The van der Waals surface area contributed by atoms with Crippen molar-refractivity contribution in [3.05, 3.63) is 18.0 Å². The van der Waals surface area contributed by atoms with Gasteiger partial charge in [0, 0.05) is 31.2 Å². The van der Waals surface area contributed by atoms with Crippen molar-refractivity contribution in [1.82, 2.24) is 20.4 Å². The molecular formula is C15H26N4O. The first-order valence-electron chi connectivity index (χ1n) is 7.44. The normalized spacial score (nSPS) is 20.2. The highest BCUT2D eigenvalue weighted by atomic mass is 16.1. The second-order valence-corrected chi connectivity index (χ2v) is 6.68. The van der Waals surface area contributed by atoms with Gasteiger partial charge >= 0.3 is 0 Å². The van der Waals surface area contributed by atoms with Crippen molar-refractivity contribution >= 4 is 5.91 Å². The van der Waals surface area contributed by atoms with Gasteiger partial charge in [-0.25, -0.2) is 0 Å². The highest BCUT2D eigenvalue weighted by Gasteiger charge is 2.30. The number of H-pyrrole nitrogens is 1. The van der Waals surface area contributed by atoms with Crippen LogP contribution in [-0.2, 0) is 11.2 Å². The SMILES string of the molecule is CC(C)(C)N1CCC(CNC(=O)CCc2cn[nH]c2)C1. The van der Waals surface area contributed by atoms with Gasteiger partial charge in [-0.3, -0.25) is 14.8 Å². The molecule has 1 aromatic heterocycles. The quantitative estimate of drug-likeness (QED) is 0.859. The second kappa shape index (κ2) is 6.39. The minimum atomic E-state index is 0.139. The van der Waals surface area contributed by atoms with Gasteiger partial charge in [0.1, 0.15) is 0 Å². The molecule has 0 aliphatic carbocycles. The standard InChI is InChI=1S/C15H26N4O/c1-15(2,3)19-7-6-13(11-19)8-16-14(20)5-4-12-9-17-18-10-12/h9-10,13H,4-8,11H2,1-3H3,(H,16,20)(H,17,18). The van der Waals surface area contributed by atoms with Crippen LogP contribution in [0.2, 0.25) is 0 Å². The summed E-state index contributed by atoms with van der Waals surface area (Å²) in [7, 11) is 0. The predicted octanol–water partition coefficient (Wildman–Crippen LogP) is 1.58. The lowest BCUT2D eigenvalue weighted by molar-refractivity contribution is -0.121. The van der Waals surface area contributed by atoms with E-state index < -0.39 is 0 Å². The van der Waals surface area contributed by atoms with E-state index in [2.05, 4.69) is 41.2 Å². The van der Waals surface area contributed by atoms with Crippen molar-refractivity contribution in [2.75, 3.05) is 19.6 Å². The maximum absolute atomic E-state index is 11.8. The van der Waals surface area contributed by atoms with Crippen LogP contribution in [0.25, 0.3) is 0 Å². The molecule has 1 unspecified atom stereocenters. The first-order chi connectivity index (χ1) is 9.45. The summed E-state index contributed by atoms with van der Waals surface area (Å²) in [6, 6.07) is 0. The fourth-order valence-electron chi connectivity index (χ4n) is 2.63. The van der Waals surface area contributed by atoms with Crippen molar-refractivity contribution in [2.24, 2.45) is 5.92 Å². The maximum Gasteiger partial charge on any atom is 0.220 e. The third kappa shape index (κ3) is 4.34. The Labute approximate surface area is 121 Å². The molecule has 0 bridgehead atoms. The Kier molecular flexibility index (Phi) is 4.81. The molecular weight excluding hydrogens is 252 g/mol. The summed E-state index contributed by atoms with van der Waals surface area (Å²) in [5, 5.41) is 9.70. The zero-order valence-electron chi connectivity index (χ0n) is 12.8. The lowest BCUT2D eigenvalue weighted by Crippen LogP contribution is -2.40. The molecule has 1 aliphatic heterocycles. The van der Waals surface area contributed by atoms with Gasteiger partial charge in [-0.1, -0.05) is 0 Å². The molecule has 1 amide bonds. The summed E-state index contributed by atoms with van der Waals surface area (Å²) in [6.45, 7) is 9.78. The van der Waals surface area contributed by atoms with Crippen LogP contribution >= 0.6 is 0 Å². The van der Waals surface area contributed by atoms with E-state index >= 15 is 0 Å². The van der Waals surface area contributed by atoms with E-state index in [0.717, 1.165) is 31.6 Å². The first kappa shape index (κ1) is 15.0. The molecule has 2 heterocycles. The van der Waals surface area contributed by atoms with Crippen molar-refractivity contribution in [3.8, 4) is 0 Å². The molecule has 1 aromatic rings.